The standard InChI is InChI=1S/C15H23NO3/c1-11-8-15(19-5)13(9-14(11)18-4)6-7-16(3)10-12(2)17/h8-9H,6-7,10H2,1-5H3. The molecule has 0 aromatic heterocycles. The molecule has 0 heterocycles. The Bertz CT molecular complexity index is 443. The number of ketones is 1. The van der Waals surface area contributed by atoms with Crippen LogP contribution in [0.2, 0.25) is 0 Å². The molecule has 4 heteroatoms. The molecule has 0 spiro atoms. The fourth-order valence-corrected chi connectivity index (χ4v) is 2.08. The van der Waals surface area contributed by atoms with E-state index < -0.39 is 0 Å². The van der Waals surface area contributed by atoms with Gasteiger partial charge < -0.3 is 9.47 Å². The highest BCUT2D eigenvalue weighted by Crippen LogP contribution is 2.28. The minimum Gasteiger partial charge on any atom is -0.496 e. The summed E-state index contributed by atoms with van der Waals surface area (Å²) in [6.07, 6.45) is 0.823. The molecular formula is C15H23NO3. The Kier molecular flexibility index (Phi) is 5.83. The highest BCUT2D eigenvalue weighted by Gasteiger charge is 2.10. The van der Waals surface area contributed by atoms with Gasteiger partial charge in [0.05, 0.1) is 20.8 Å². The average molecular weight is 265 g/mol. The Labute approximate surface area is 115 Å². The zero-order valence-corrected chi connectivity index (χ0v) is 12.4. The number of carbonyl (C=O) groups excluding carboxylic acids is 1. The molecular weight excluding hydrogens is 242 g/mol. The molecule has 1 aromatic carbocycles. The molecule has 19 heavy (non-hydrogen) atoms. The van der Waals surface area contributed by atoms with Crippen molar-refractivity contribution < 1.29 is 14.3 Å². The Morgan fingerprint density at radius 2 is 1.84 bits per heavy atom. The predicted molar refractivity (Wildman–Crippen MR) is 76.2 cm³/mol. The molecule has 0 fully saturated rings. The number of ether oxygens (including phenoxy) is 2. The van der Waals surface area contributed by atoms with Crippen LogP contribution in [-0.2, 0) is 11.2 Å². The van der Waals surface area contributed by atoms with Crippen molar-refractivity contribution in [3.8, 4) is 11.5 Å². The van der Waals surface area contributed by atoms with Gasteiger partial charge in [0.15, 0.2) is 0 Å². The van der Waals surface area contributed by atoms with Gasteiger partial charge in [-0.05, 0) is 50.6 Å². The predicted octanol–water partition coefficient (Wildman–Crippen LogP) is 2.08. The Morgan fingerprint density at radius 1 is 1.21 bits per heavy atom. The summed E-state index contributed by atoms with van der Waals surface area (Å²) in [4.78, 5) is 13.1. The number of benzene rings is 1. The number of Topliss-reactive ketones (excluding diaryl/α,β-unsaturated/α-hetero) is 1. The van der Waals surface area contributed by atoms with E-state index in [0.29, 0.717) is 6.54 Å². The zero-order valence-electron chi connectivity index (χ0n) is 12.4. The largest absolute Gasteiger partial charge is 0.496 e. The molecule has 0 aliphatic heterocycles. The summed E-state index contributed by atoms with van der Waals surface area (Å²) in [5.41, 5.74) is 2.15. The third-order valence-corrected chi connectivity index (χ3v) is 3.05. The zero-order chi connectivity index (χ0) is 14.4. The van der Waals surface area contributed by atoms with Crippen molar-refractivity contribution >= 4 is 5.78 Å². The first-order valence-electron chi connectivity index (χ1n) is 6.37. The molecule has 0 bridgehead atoms. The van der Waals surface area contributed by atoms with Crippen LogP contribution >= 0.6 is 0 Å². The van der Waals surface area contributed by atoms with Crippen molar-refractivity contribution in [3.05, 3.63) is 23.3 Å². The van der Waals surface area contributed by atoms with E-state index in [0.717, 1.165) is 35.6 Å². The van der Waals surface area contributed by atoms with Crippen molar-refractivity contribution in [2.45, 2.75) is 20.3 Å². The number of carbonyl (C=O) groups is 1. The monoisotopic (exact) mass is 265 g/mol. The molecule has 0 amide bonds. The molecule has 0 aliphatic rings. The van der Waals surface area contributed by atoms with Gasteiger partial charge in [-0.25, -0.2) is 0 Å². The maximum absolute atomic E-state index is 11.0. The Hall–Kier alpha value is -1.55. The number of nitrogens with zero attached hydrogens (tertiary/aromatic N) is 1. The topological polar surface area (TPSA) is 38.8 Å². The summed E-state index contributed by atoms with van der Waals surface area (Å²) in [6, 6.07) is 3.99. The SMILES string of the molecule is COc1cc(CCN(C)CC(C)=O)c(OC)cc1C. The first kappa shape index (κ1) is 15.5. The van der Waals surface area contributed by atoms with E-state index in [9.17, 15) is 4.79 Å². The average Bonchev–Trinajstić information content (AvgIpc) is 2.35. The molecule has 0 aliphatic carbocycles. The number of methoxy groups -OCH3 is 2. The van der Waals surface area contributed by atoms with E-state index in [2.05, 4.69) is 0 Å². The number of rotatable bonds is 7. The van der Waals surface area contributed by atoms with Crippen LogP contribution in [0.1, 0.15) is 18.1 Å². The van der Waals surface area contributed by atoms with Gasteiger partial charge in [0, 0.05) is 6.54 Å². The number of likely N-dealkylation sites (N-methyl/N-ethyl adjacent to an activating group) is 1. The van der Waals surface area contributed by atoms with Gasteiger partial charge in [-0.3, -0.25) is 9.69 Å². The lowest BCUT2D eigenvalue weighted by atomic mass is 10.1. The second-order valence-corrected chi connectivity index (χ2v) is 4.82. The van der Waals surface area contributed by atoms with Gasteiger partial charge in [0.2, 0.25) is 0 Å². The van der Waals surface area contributed by atoms with Gasteiger partial charge in [0.25, 0.3) is 0 Å². The van der Waals surface area contributed by atoms with Crippen molar-refractivity contribution in [3.63, 3.8) is 0 Å². The van der Waals surface area contributed by atoms with E-state index in [4.69, 9.17) is 9.47 Å². The maximum Gasteiger partial charge on any atom is 0.143 e. The third-order valence-electron chi connectivity index (χ3n) is 3.05. The van der Waals surface area contributed by atoms with Gasteiger partial charge in [-0.2, -0.15) is 0 Å². The molecule has 106 valence electrons. The summed E-state index contributed by atoms with van der Waals surface area (Å²) in [7, 11) is 5.28. The summed E-state index contributed by atoms with van der Waals surface area (Å²) >= 11 is 0. The highest BCUT2D eigenvalue weighted by atomic mass is 16.5. The lowest BCUT2D eigenvalue weighted by Crippen LogP contribution is -2.26. The van der Waals surface area contributed by atoms with Crippen molar-refractivity contribution in [1.82, 2.24) is 4.90 Å². The second-order valence-electron chi connectivity index (χ2n) is 4.82. The minimum atomic E-state index is 0.177. The summed E-state index contributed by atoms with van der Waals surface area (Å²) in [6.45, 7) is 4.88. The summed E-state index contributed by atoms with van der Waals surface area (Å²) in [5.74, 6) is 1.91. The minimum absolute atomic E-state index is 0.177. The van der Waals surface area contributed by atoms with E-state index in [1.807, 2.05) is 31.0 Å². The van der Waals surface area contributed by atoms with E-state index in [1.54, 1.807) is 21.1 Å². The van der Waals surface area contributed by atoms with E-state index in [1.165, 1.54) is 0 Å². The second kappa shape index (κ2) is 7.14. The molecule has 0 atom stereocenters. The van der Waals surface area contributed by atoms with Crippen LogP contribution < -0.4 is 9.47 Å². The quantitative estimate of drug-likeness (QED) is 0.756. The molecule has 0 unspecified atom stereocenters. The van der Waals surface area contributed by atoms with E-state index >= 15 is 0 Å². The highest BCUT2D eigenvalue weighted by molar-refractivity contribution is 5.77. The molecule has 4 nitrogen and oxygen atoms in total. The van der Waals surface area contributed by atoms with Gasteiger partial charge in [0.1, 0.15) is 17.3 Å². The number of hydrogen-bond donors (Lipinski definition) is 0. The van der Waals surface area contributed by atoms with Crippen molar-refractivity contribution in [1.29, 1.82) is 0 Å². The summed E-state index contributed by atoms with van der Waals surface area (Å²) < 4.78 is 10.7. The first-order chi connectivity index (χ1) is 8.97. The van der Waals surface area contributed by atoms with Crippen LogP contribution in [0.5, 0.6) is 11.5 Å². The number of hydrogen-bond acceptors (Lipinski definition) is 4. The van der Waals surface area contributed by atoms with Gasteiger partial charge in [-0.15, -0.1) is 0 Å². The smallest absolute Gasteiger partial charge is 0.143 e. The fraction of sp³-hybridized carbons (Fsp3) is 0.533. The van der Waals surface area contributed by atoms with Gasteiger partial charge in [-0.1, -0.05) is 0 Å². The summed E-state index contributed by atoms with van der Waals surface area (Å²) in [5, 5.41) is 0. The molecule has 0 N–H and O–H groups in total. The molecule has 0 radical (unpaired) electrons. The lowest BCUT2D eigenvalue weighted by Gasteiger charge is -2.17. The van der Waals surface area contributed by atoms with Crippen LogP contribution in [0.4, 0.5) is 0 Å². The van der Waals surface area contributed by atoms with Crippen LogP contribution in [0.15, 0.2) is 12.1 Å². The third kappa shape index (κ3) is 4.56. The maximum atomic E-state index is 11.0. The molecule has 0 saturated carbocycles. The van der Waals surface area contributed by atoms with Crippen LogP contribution in [-0.4, -0.2) is 45.0 Å². The fourth-order valence-electron chi connectivity index (χ4n) is 2.08. The molecule has 1 rings (SSSR count). The lowest BCUT2D eigenvalue weighted by molar-refractivity contribution is -0.117. The van der Waals surface area contributed by atoms with Crippen LogP contribution in [0.3, 0.4) is 0 Å². The Morgan fingerprint density at radius 3 is 2.37 bits per heavy atom. The van der Waals surface area contributed by atoms with Crippen LogP contribution in [0.25, 0.3) is 0 Å². The number of aryl methyl sites for hydroxylation is 1. The van der Waals surface area contributed by atoms with E-state index in [-0.39, 0.29) is 5.78 Å². The van der Waals surface area contributed by atoms with Gasteiger partial charge >= 0.3 is 0 Å². The Balaban J connectivity index is 2.79. The normalized spacial score (nSPS) is 10.6. The first-order valence-corrected chi connectivity index (χ1v) is 6.37. The van der Waals surface area contributed by atoms with Crippen LogP contribution in [0, 0.1) is 6.92 Å². The molecule has 1 aromatic rings. The van der Waals surface area contributed by atoms with Crippen molar-refractivity contribution in [2.24, 2.45) is 0 Å². The van der Waals surface area contributed by atoms with Crippen molar-refractivity contribution in [2.75, 3.05) is 34.4 Å². The molecule has 0 saturated heterocycles.